The van der Waals surface area contributed by atoms with E-state index in [0.717, 1.165) is 26.1 Å². The Morgan fingerprint density at radius 3 is 2.83 bits per heavy atom. The maximum atomic E-state index is 13.0. The van der Waals surface area contributed by atoms with Crippen LogP contribution >= 0.6 is 12.4 Å². The SMILES string of the molecule is CN1CCCC(NC(=O)C2(n3cccn3)CCNCC2)C1=O.Cl. The predicted octanol–water partition coefficient (Wildman–Crippen LogP) is 0.121. The van der Waals surface area contributed by atoms with E-state index in [-0.39, 0.29) is 24.2 Å². The van der Waals surface area contributed by atoms with E-state index in [9.17, 15) is 9.59 Å². The van der Waals surface area contributed by atoms with Crippen LogP contribution in [0.5, 0.6) is 0 Å². The monoisotopic (exact) mass is 341 g/mol. The molecule has 1 unspecified atom stereocenters. The number of piperidine rings is 2. The minimum absolute atomic E-state index is 0. The van der Waals surface area contributed by atoms with E-state index in [4.69, 9.17) is 0 Å². The molecule has 0 aromatic carbocycles. The standard InChI is InChI=1S/C15H23N5O2.ClH/c1-19-10-2-4-12(13(19)21)18-14(22)15(5-8-16-9-6-15)20-11-3-7-17-20;/h3,7,11-12,16H,2,4-6,8-10H2,1H3,(H,18,22);1H. The molecule has 3 heterocycles. The Morgan fingerprint density at radius 2 is 2.17 bits per heavy atom. The number of amides is 2. The van der Waals surface area contributed by atoms with E-state index < -0.39 is 11.6 Å². The van der Waals surface area contributed by atoms with Gasteiger partial charge >= 0.3 is 0 Å². The first-order valence-corrected chi connectivity index (χ1v) is 7.90. The van der Waals surface area contributed by atoms with Crippen LogP contribution in [0.3, 0.4) is 0 Å². The molecule has 0 spiro atoms. The lowest BCUT2D eigenvalue weighted by Gasteiger charge is -2.38. The van der Waals surface area contributed by atoms with Gasteiger partial charge in [0.15, 0.2) is 0 Å². The molecule has 2 N–H and O–H groups in total. The van der Waals surface area contributed by atoms with Gasteiger partial charge in [0.05, 0.1) is 0 Å². The topological polar surface area (TPSA) is 79.3 Å². The maximum Gasteiger partial charge on any atom is 0.248 e. The summed E-state index contributed by atoms with van der Waals surface area (Å²) in [6, 6.07) is 1.42. The Kier molecular flexibility index (Phi) is 5.64. The van der Waals surface area contributed by atoms with Crippen molar-refractivity contribution in [1.82, 2.24) is 25.3 Å². The molecule has 2 aliphatic heterocycles. The van der Waals surface area contributed by atoms with E-state index in [2.05, 4.69) is 15.7 Å². The van der Waals surface area contributed by atoms with Crippen LogP contribution in [0.2, 0.25) is 0 Å². The molecule has 23 heavy (non-hydrogen) atoms. The molecule has 3 rings (SSSR count). The van der Waals surface area contributed by atoms with Gasteiger partial charge in [0.25, 0.3) is 0 Å². The minimum Gasteiger partial charge on any atom is -0.344 e. The number of carbonyl (C=O) groups excluding carboxylic acids is 2. The number of nitrogens with one attached hydrogen (secondary N) is 2. The van der Waals surface area contributed by atoms with Gasteiger partial charge in [0.2, 0.25) is 11.8 Å². The molecule has 0 radical (unpaired) electrons. The molecular formula is C15H24ClN5O2. The molecule has 7 nitrogen and oxygen atoms in total. The summed E-state index contributed by atoms with van der Waals surface area (Å²) in [7, 11) is 1.79. The van der Waals surface area contributed by atoms with Gasteiger partial charge in [-0.05, 0) is 44.8 Å². The van der Waals surface area contributed by atoms with Gasteiger partial charge in [-0.1, -0.05) is 0 Å². The van der Waals surface area contributed by atoms with Crippen molar-refractivity contribution in [1.29, 1.82) is 0 Å². The van der Waals surface area contributed by atoms with Crippen molar-refractivity contribution in [2.75, 3.05) is 26.7 Å². The van der Waals surface area contributed by atoms with E-state index in [1.807, 2.05) is 12.3 Å². The van der Waals surface area contributed by atoms with E-state index in [1.54, 1.807) is 22.8 Å². The minimum atomic E-state index is -0.689. The molecule has 2 saturated heterocycles. The van der Waals surface area contributed by atoms with Gasteiger partial charge in [-0.3, -0.25) is 14.3 Å². The second kappa shape index (κ2) is 7.31. The van der Waals surface area contributed by atoms with E-state index in [0.29, 0.717) is 19.3 Å². The van der Waals surface area contributed by atoms with Gasteiger partial charge < -0.3 is 15.5 Å². The Bertz CT molecular complexity index is 542. The quantitative estimate of drug-likeness (QED) is 0.818. The molecule has 1 aromatic heterocycles. The summed E-state index contributed by atoms with van der Waals surface area (Å²) < 4.78 is 1.75. The summed E-state index contributed by atoms with van der Waals surface area (Å²) in [6.45, 7) is 2.30. The Labute approximate surface area is 142 Å². The Balaban J connectivity index is 0.00000192. The average Bonchev–Trinajstić information content (AvgIpc) is 3.07. The van der Waals surface area contributed by atoms with Crippen molar-refractivity contribution in [2.24, 2.45) is 0 Å². The maximum absolute atomic E-state index is 13.0. The van der Waals surface area contributed by atoms with Crippen LogP contribution in [-0.2, 0) is 15.1 Å². The number of nitrogens with zero attached hydrogens (tertiary/aromatic N) is 3. The highest BCUT2D eigenvalue weighted by Gasteiger charge is 2.43. The van der Waals surface area contributed by atoms with Gasteiger partial charge in [0.1, 0.15) is 11.6 Å². The van der Waals surface area contributed by atoms with Crippen molar-refractivity contribution in [3.8, 4) is 0 Å². The third-order valence-electron chi connectivity index (χ3n) is 4.76. The van der Waals surface area contributed by atoms with Gasteiger partial charge in [-0.2, -0.15) is 5.10 Å². The summed E-state index contributed by atoms with van der Waals surface area (Å²) >= 11 is 0. The van der Waals surface area contributed by atoms with Crippen molar-refractivity contribution >= 4 is 24.2 Å². The Hall–Kier alpha value is -1.60. The van der Waals surface area contributed by atoms with Gasteiger partial charge in [-0.25, -0.2) is 0 Å². The van der Waals surface area contributed by atoms with Crippen LogP contribution in [0.15, 0.2) is 18.5 Å². The van der Waals surface area contributed by atoms with Crippen LogP contribution in [0, 0.1) is 0 Å². The number of likely N-dealkylation sites (N-methyl/N-ethyl adjacent to an activating group) is 1. The smallest absolute Gasteiger partial charge is 0.248 e. The number of carbonyl (C=O) groups is 2. The molecule has 1 aromatic rings. The lowest BCUT2D eigenvalue weighted by atomic mass is 9.86. The molecule has 2 amide bonds. The number of aromatic nitrogens is 2. The first-order chi connectivity index (χ1) is 10.6. The lowest BCUT2D eigenvalue weighted by molar-refractivity contribution is -0.141. The number of likely N-dealkylation sites (tertiary alicyclic amines) is 1. The summed E-state index contributed by atoms with van der Waals surface area (Å²) in [5.74, 6) is -0.0875. The van der Waals surface area contributed by atoms with Crippen LogP contribution in [0.4, 0.5) is 0 Å². The van der Waals surface area contributed by atoms with Crippen LogP contribution in [0.25, 0.3) is 0 Å². The summed E-state index contributed by atoms with van der Waals surface area (Å²) in [5.41, 5.74) is -0.689. The Morgan fingerprint density at radius 1 is 1.43 bits per heavy atom. The number of halogens is 1. The largest absolute Gasteiger partial charge is 0.344 e. The zero-order valence-electron chi connectivity index (χ0n) is 13.3. The highest BCUT2D eigenvalue weighted by atomic mass is 35.5. The van der Waals surface area contributed by atoms with E-state index in [1.165, 1.54) is 0 Å². The highest BCUT2D eigenvalue weighted by Crippen LogP contribution is 2.27. The van der Waals surface area contributed by atoms with Gasteiger partial charge in [0, 0.05) is 26.0 Å². The molecule has 2 aliphatic rings. The first kappa shape index (κ1) is 17.7. The molecule has 0 bridgehead atoms. The highest BCUT2D eigenvalue weighted by molar-refractivity contribution is 5.91. The molecule has 128 valence electrons. The van der Waals surface area contributed by atoms with Crippen molar-refractivity contribution < 1.29 is 9.59 Å². The fourth-order valence-electron chi connectivity index (χ4n) is 3.38. The summed E-state index contributed by atoms with van der Waals surface area (Å²) in [4.78, 5) is 26.9. The molecule has 2 fully saturated rings. The predicted molar refractivity (Wildman–Crippen MR) is 88.4 cm³/mol. The third kappa shape index (κ3) is 3.35. The number of hydrogen-bond donors (Lipinski definition) is 2. The second-order valence-corrected chi connectivity index (χ2v) is 6.16. The van der Waals surface area contributed by atoms with Crippen LogP contribution in [-0.4, -0.2) is 59.2 Å². The third-order valence-corrected chi connectivity index (χ3v) is 4.76. The molecule has 0 saturated carbocycles. The average molecular weight is 342 g/mol. The number of hydrogen-bond acceptors (Lipinski definition) is 4. The fourth-order valence-corrected chi connectivity index (χ4v) is 3.38. The normalized spacial score (nSPS) is 24.0. The van der Waals surface area contributed by atoms with Crippen molar-refractivity contribution in [3.05, 3.63) is 18.5 Å². The second-order valence-electron chi connectivity index (χ2n) is 6.16. The van der Waals surface area contributed by atoms with Crippen molar-refractivity contribution in [3.63, 3.8) is 0 Å². The molecule has 8 heteroatoms. The van der Waals surface area contributed by atoms with E-state index >= 15 is 0 Å². The number of rotatable bonds is 3. The lowest BCUT2D eigenvalue weighted by Crippen LogP contribution is -2.59. The first-order valence-electron chi connectivity index (χ1n) is 7.90. The summed E-state index contributed by atoms with van der Waals surface area (Å²) in [6.07, 6.45) is 6.51. The molecular weight excluding hydrogens is 318 g/mol. The van der Waals surface area contributed by atoms with Crippen LogP contribution < -0.4 is 10.6 Å². The fraction of sp³-hybridized carbons (Fsp3) is 0.667. The molecule has 1 atom stereocenters. The zero-order valence-corrected chi connectivity index (χ0v) is 14.1. The van der Waals surface area contributed by atoms with Crippen molar-refractivity contribution in [2.45, 2.75) is 37.3 Å². The van der Waals surface area contributed by atoms with Gasteiger partial charge in [-0.15, -0.1) is 12.4 Å². The summed E-state index contributed by atoms with van der Waals surface area (Å²) in [5, 5.41) is 10.6. The zero-order chi connectivity index (χ0) is 15.6. The van der Waals surface area contributed by atoms with Crippen LogP contribution in [0.1, 0.15) is 25.7 Å². The molecule has 0 aliphatic carbocycles.